The number of anilines is 2. The van der Waals surface area contributed by atoms with Gasteiger partial charge in [0.25, 0.3) is 0 Å². The average molecular weight is 496 g/mol. The van der Waals surface area contributed by atoms with Crippen molar-refractivity contribution < 1.29 is 0 Å². The van der Waals surface area contributed by atoms with E-state index >= 15 is 0 Å². The Morgan fingerprint density at radius 2 is 1.67 bits per heavy atom. The minimum absolute atomic E-state index is 0.0392. The molecule has 2 aromatic carbocycles. The van der Waals surface area contributed by atoms with Crippen LogP contribution >= 0.6 is 12.2 Å². The number of aromatic nitrogens is 2. The third-order valence-electron chi connectivity index (χ3n) is 7.14. The molecule has 0 amide bonds. The maximum atomic E-state index is 5.95. The second kappa shape index (κ2) is 9.43. The highest BCUT2D eigenvalue weighted by Crippen LogP contribution is 2.44. The Labute approximate surface area is 219 Å². The summed E-state index contributed by atoms with van der Waals surface area (Å²) < 4.78 is 2.38. The lowest BCUT2D eigenvalue weighted by atomic mass is 9.96. The molecule has 6 heteroatoms. The van der Waals surface area contributed by atoms with Gasteiger partial charge in [0.15, 0.2) is 5.11 Å². The Morgan fingerprint density at radius 3 is 2.33 bits per heavy atom. The lowest BCUT2D eigenvalue weighted by Gasteiger charge is -2.28. The highest BCUT2D eigenvalue weighted by atomic mass is 32.1. The summed E-state index contributed by atoms with van der Waals surface area (Å²) in [6, 6.07) is 23.5. The van der Waals surface area contributed by atoms with E-state index in [-0.39, 0.29) is 12.1 Å². The number of rotatable bonds is 5. The second-order valence-corrected chi connectivity index (χ2v) is 10.2. The van der Waals surface area contributed by atoms with Gasteiger partial charge in [-0.3, -0.25) is 4.98 Å². The van der Waals surface area contributed by atoms with E-state index in [0.29, 0.717) is 5.11 Å². The number of thiocarbonyl (C=S) groups is 1. The number of hydrogen-bond donors (Lipinski definition) is 1. The molecule has 1 aliphatic heterocycles. The summed E-state index contributed by atoms with van der Waals surface area (Å²) >= 11 is 5.95. The number of nitrogens with one attached hydrogen (secondary N) is 1. The summed E-state index contributed by atoms with van der Waals surface area (Å²) in [5.41, 5.74) is 10.6. The van der Waals surface area contributed by atoms with Gasteiger partial charge in [-0.15, -0.1) is 0 Å². The highest BCUT2D eigenvalue weighted by Gasteiger charge is 2.42. The number of benzene rings is 2. The maximum Gasteiger partial charge on any atom is 0.174 e. The fourth-order valence-electron chi connectivity index (χ4n) is 5.28. The van der Waals surface area contributed by atoms with E-state index < -0.39 is 0 Å². The van der Waals surface area contributed by atoms with E-state index in [1.807, 2.05) is 18.3 Å². The molecule has 36 heavy (non-hydrogen) atoms. The molecule has 0 radical (unpaired) electrons. The summed E-state index contributed by atoms with van der Waals surface area (Å²) in [5, 5.41) is 4.31. The zero-order valence-corrected chi connectivity index (χ0v) is 22.6. The monoisotopic (exact) mass is 495 g/mol. The highest BCUT2D eigenvalue weighted by molar-refractivity contribution is 7.80. The second-order valence-electron chi connectivity index (χ2n) is 9.86. The third-order valence-corrected chi connectivity index (χ3v) is 7.45. The van der Waals surface area contributed by atoms with E-state index in [9.17, 15) is 0 Å². The fourth-order valence-corrected chi connectivity index (χ4v) is 5.62. The lowest BCUT2D eigenvalue weighted by Crippen LogP contribution is -2.29. The largest absolute Gasteiger partial charge is 0.378 e. The van der Waals surface area contributed by atoms with Gasteiger partial charge in [-0.2, -0.15) is 0 Å². The molecule has 5 rings (SSSR count). The van der Waals surface area contributed by atoms with Crippen LogP contribution in [0.1, 0.15) is 45.9 Å². The summed E-state index contributed by atoms with van der Waals surface area (Å²) in [4.78, 5) is 9.08. The van der Waals surface area contributed by atoms with Crippen LogP contribution in [0.3, 0.4) is 0 Å². The molecule has 2 aromatic heterocycles. The third kappa shape index (κ3) is 4.16. The van der Waals surface area contributed by atoms with Gasteiger partial charge in [0.05, 0.1) is 17.8 Å². The molecule has 3 heterocycles. The van der Waals surface area contributed by atoms with Gasteiger partial charge in [-0.1, -0.05) is 18.2 Å². The Balaban J connectivity index is 1.67. The molecule has 1 N–H and O–H groups in total. The van der Waals surface area contributed by atoms with Crippen LogP contribution in [0, 0.1) is 27.7 Å². The topological polar surface area (TPSA) is 36.3 Å². The van der Waals surface area contributed by atoms with Crippen molar-refractivity contribution in [3.63, 3.8) is 0 Å². The van der Waals surface area contributed by atoms with E-state index in [0.717, 1.165) is 17.1 Å². The molecular weight excluding hydrogens is 462 g/mol. The Morgan fingerprint density at radius 1 is 0.917 bits per heavy atom. The first kappa shape index (κ1) is 24.1. The Kier molecular flexibility index (Phi) is 6.31. The molecule has 1 aliphatic rings. The number of hydrogen-bond acceptors (Lipinski definition) is 3. The molecule has 1 saturated heterocycles. The van der Waals surface area contributed by atoms with E-state index in [2.05, 4.69) is 116 Å². The van der Waals surface area contributed by atoms with Gasteiger partial charge < -0.3 is 19.7 Å². The molecule has 2 atom stereocenters. The summed E-state index contributed by atoms with van der Waals surface area (Å²) in [7, 11) is 4.11. The van der Waals surface area contributed by atoms with Crippen LogP contribution in [-0.2, 0) is 0 Å². The van der Waals surface area contributed by atoms with Gasteiger partial charge in [-0.25, -0.2) is 0 Å². The van der Waals surface area contributed by atoms with Gasteiger partial charge in [-0.05, 0) is 105 Å². The molecule has 0 unspecified atom stereocenters. The molecule has 0 saturated carbocycles. The minimum Gasteiger partial charge on any atom is -0.378 e. The van der Waals surface area contributed by atoms with Crippen molar-refractivity contribution >= 4 is 28.7 Å². The first-order valence-electron chi connectivity index (χ1n) is 12.3. The predicted octanol–water partition coefficient (Wildman–Crippen LogP) is 6.35. The molecule has 1 fully saturated rings. The van der Waals surface area contributed by atoms with Gasteiger partial charge in [0.1, 0.15) is 0 Å². The van der Waals surface area contributed by atoms with Gasteiger partial charge in [0, 0.05) is 48.7 Å². The van der Waals surface area contributed by atoms with Crippen molar-refractivity contribution in [1.82, 2.24) is 14.9 Å². The van der Waals surface area contributed by atoms with Crippen molar-refractivity contribution in [3.8, 4) is 5.69 Å². The van der Waals surface area contributed by atoms with Crippen molar-refractivity contribution in [3.05, 3.63) is 107 Å². The average Bonchev–Trinajstić information content (AvgIpc) is 3.36. The van der Waals surface area contributed by atoms with Crippen LogP contribution in [-0.4, -0.2) is 28.8 Å². The molecule has 0 bridgehead atoms. The number of aryl methyl sites for hydroxylation is 3. The van der Waals surface area contributed by atoms with E-state index in [4.69, 9.17) is 17.2 Å². The van der Waals surface area contributed by atoms with Crippen molar-refractivity contribution in [2.24, 2.45) is 0 Å². The molecule has 184 valence electrons. The van der Waals surface area contributed by atoms with Crippen molar-refractivity contribution in [2.45, 2.75) is 39.8 Å². The lowest BCUT2D eigenvalue weighted by molar-refractivity contribution is 0.565. The van der Waals surface area contributed by atoms with Crippen LogP contribution < -0.4 is 15.1 Å². The van der Waals surface area contributed by atoms with Crippen molar-refractivity contribution in [1.29, 1.82) is 0 Å². The zero-order chi connectivity index (χ0) is 25.6. The molecule has 4 aromatic rings. The Bertz CT molecular complexity index is 1410. The maximum absolute atomic E-state index is 5.95. The number of pyridine rings is 1. The Hall–Kier alpha value is -3.64. The van der Waals surface area contributed by atoms with Gasteiger partial charge in [0.2, 0.25) is 0 Å². The van der Waals surface area contributed by atoms with Gasteiger partial charge >= 0.3 is 0 Å². The first-order valence-corrected chi connectivity index (χ1v) is 12.7. The predicted molar refractivity (Wildman–Crippen MR) is 153 cm³/mol. The minimum atomic E-state index is -0.0696. The normalized spacial score (nSPS) is 17.4. The number of nitrogens with zero attached hydrogens (tertiary/aromatic N) is 4. The van der Waals surface area contributed by atoms with Crippen molar-refractivity contribution in [2.75, 3.05) is 23.9 Å². The molecule has 0 aliphatic carbocycles. The summed E-state index contributed by atoms with van der Waals surface area (Å²) in [6.45, 7) is 8.72. The van der Waals surface area contributed by atoms with Crippen LogP contribution in [0.2, 0.25) is 0 Å². The zero-order valence-electron chi connectivity index (χ0n) is 21.8. The first-order chi connectivity index (χ1) is 17.3. The van der Waals surface area contributed by atoms with Crippen LogP contribution in [0.15, 0.2) is 72.9 Å². The molecule has 5 nitrogen and oxygen atoms in total. The smallest absolute Gasteiger partial charge is 0.174 e. The van der Waals surface area contributed by atoms with Crippen LogP contribution in [0.4, 0.5) is 11.4 Å². The molecule has 0 spiro atoms. The quantitative estimate of drug-likeness (QED) is 0.327. The molecular formula is C30H33N5S. The van der Waals surface area contributed by atoms with Crippen LogP contribution in [0.25, 0.3) is 5.69 Å². The SMILES string of the molecule is Cc1ccc(C)c(-n2c(C)cc([C@H]3[C@H](c4ccccn4)NC(=S)N3c3ccc(N(C)C)cc3)c2C)c1. The standard InChI is InChI=1S/C30H33N5S/c1-19-10-11-20(2)27(17-19)34-21(3)18-25(22(34)4)29-28(26-9-7-8-16-31-26)32-30(36)35(29)24-14-12-23(13-15-24)33(5)6/h7-18,28-29H,1-6H3,(H,32,36)/t28-,29-/m0/s1. The van der Waals surface area contributed by atoms with E-state index in [1.165, 1.54) is 33.8 Å². The summed E-state index contributed by atoms with van der Waals surface area (Å²) in [6.07, 6.45) is 1.85. The van der Waals surface area contributed by atoms with Crippen LogP contribution in [0.5, 0.6) is 0 Å². The summed E-state index contributed by atoms with van der Waals surface area (Å²) in [5.74, 6) is 0. The van der Waals surface area contributed by atoms with E-state index in [1.54, 1.807) is 0 Å². The fraction of sp³-hybridized carbons (Fsp3) is 0.267.